The first-order valence-electron chi connectivity index (χ1n) is 34.2. The van der Waals surface area contributed by atoms with Crippen LogP contribution in [-0.2, 0) is 125 Å². The third kappa shape index (κ3) is 12.6. The number of fused-ring (bicyclic) bond motifs is 6. The van der Waals surface area contributed by atoms with Gasteiger partial charge >= 0.3 is 41.8 Å². The number of amides is 1. The predicted octanol–water partition coefficient (Wildman–Crippen LogP) is 7.32. The molecule has 12 heterocycles. The van der Waals surface area contributed by atoms with Crippen molar-refractivity contribution in [2.75, 3.05) is 19.8 Å². The first-order chi connectivity index (χ1) is 44.5. The summed E-state index contributed by atoms with van der Waals surface area (Å²) in [6.07, 6.45) is -1.54. The van der Waals surface area contributed by atoms with E-state index in [2.05, 4.69) is 33.0 Å². The average Bonchev–Trinajstić information content (AvgIpc) is 1.29. The Kier molecular flexibility index (Phi) is 19.3. The molecule has 526 valence electrons. The molecule has 15 aliphatic rings. The maximum Gasteiger partial charge on any atom is 0.308 e. The van der Waals surface area contributed by atoms with Crippen molar-refractivity contribution in [1.29, 1.82) is 0 Å². The van der Waals surface area contributed by atoms with E-state index < -0.39 is 208 Å². The van der Waals surface area contributed by atoms with Gasteiger partial charge in [-0.1, -0.05) is 48.5 Å². The van der Waals surface area contributed by atoms with Crippen LogP contribution in [0.2, 0.25) is 0 Å². The lowest BCUT2D eigenvalue weighted by Crippen LogP contribution is -2.74. The van der Waals surface area contributed by atoms with Gasteiger partial charge in [-0.05, 0) is 114 Å². The molecule has 28 nitrogen and oxygen atoms in total. The molecular weight excluding hydrogens is 1240 g/mol. The molecule has 0 unspecified atom stereocenters. The second-order valence-corrected chi connectivity index (χ2v) is 30.1. The zero-order chi connectivity index (χ0) is 67.1. The fourth-order valence-corrected chi connectivity index (χ4v) is 18.2. The van der Waals surface area contributed by atoms with E-state index in [1.165, 1.54) is 0 Å². The van der Waals surface area contributed by atoms with E-state index in [-0.39, 0.29) is 47.3 Å². The van der Waals surface area contributed by atoms with Crippen LogP contribution in [0.15, 0.2) is 0 Å². The number of carboxylic acid groups (broad SMARTS) is 1. The molecule has 0 aromatic rings. The van der Waals surface area contributed by atoms with Crippen LogP contribution in [0, 0.1) is 70.5 Å². The second kappa shape index (κ2) is 26.2. The van der Waals surface area contributed by atoms with Gasteiger partial charge < -0.3 is 67.3 Å². The van der Waals surface area contributed by atoms with E-state index in [0.717, 1.165) is 51.4 Å². The van der Waals surface area contributed by atoms with Gasteiger partial charge in [-0.2, -0.15) is 0 Å². The van der Waals surface area contributed by atoms with Crippen molar-refractivity contribution in [3.05, 3.63) is 0 Å². The standard InChI is InChI=1S/C66H95NO27/c1-34-11-13-43-37(4)53(83-56-64(43)40(34)24-28-60(8,86-56)89-92-64)80-50(74)20-17-47(71)77-31-63(67-45(68)15-16-46(69)70,32-78-48(72)18-21-51(75)81-54-38(5)44-14-12-35(2)41-25-29-61(9)87-57(84-54)65(41,44)93-90-61)33-79-49(73)19-22-52(76)82-55-39(6)59(7)27-23-36(3)42-26-30-62(10)88-58(85-55)66(42,59)94-91-62/h34-44,53-58H,11-33H2,1-10H3,(H,67,68)(H,69,70)/t34-,35-,36-,37-,38-,39+,40+,41+,42+,43+,44+,53-,54-,55-,56-,57-,58-,59+,60+,61+,62+,64-,65-,66+/m1/s1. The van der Waals surface area contributed by atoms with E-state index in [1.54, 1.807) is 20.8 Å². The van der Waals surface area contributed by atoms with Gasteiger partial charge in [0.25, 0.3) is 0 Å². The van der Waals surface area contributed by atoms with E-state index in [1.807, 2.05) is 20.8 Å². The minimum atomic E-state index is -2.14. The van der Waals surface area contributed by atoms with E-state index in [0.29, 0.717) is 37.5 Å². The minimum absolute atomic E-state index is 0.0304. The quantitative estimate of drug-likeness (QED) is 0.0609. The smallest absolute Gasteiger partial charge is 0.308 e. The molecule has 0 radical (unpaired) electrons. The van der Waals surface area contributed by atoms with Crippen LogP contribution in [-0.4, -0.2) is 150 Å². The minimum Gasteiger partial charge on any atom is -0.481 e. The number of rotatable bonds is 22. The molecule has 3 saturated carbocycles. The summed E-state index contributed by atoms with van der Waals surface area (Å²) in [7, 11) is 0. The first-order valence-corrected chi connectivity index (χ1v) is 34.2. The highest BCUT2D eigenvalue weighted by Crippen LogP contribution is 2.67. The molecular formula is C66H95NO27. The van der Waals surface area contributed by atoms with Crippen LogP contribution in [0.5, 0.6) is 0 Å². The molecule has 12 saturated heterocycles. The lowest BCUT2D eigenvalue weighted by Gasteiger charge is -2.65. The molecule has 0 aromatic carbocycles. The zero-order valence-corrected chi connectivity index (χ0v) is 55.6. The summed E-state index contributed by atoms with van der Waals surface area (Å²) in [5.74, 6) is -11.4. The number of hydrogen-bond donors (Lipinski definition) is 2. The van der Waals surface area contributed by atoms with Gasteiger partial charge in [-0.25, -0.2) is 29.3 Å². The van der Waals surface area contributed by atoms with Gasteiger partial charge in [-0.15, -0.1) is 0 Å². The van der Waals surface area contributed by atoms with Gasteiger partial charge in [0.05, 0.1) is 44.9 Å². The molecule has 2 N–H and O–H groups in total. The summed E-state index contributed by atoms with van der Waals surface area (Å²) in [4.78, 5) is 144. The lowest BCUT2D eigenvalue weighted by molar-refractivity contribution is -0.586. The highest BCUT2D eigenvalue weighted by molar-refractivity contribution is 5.82. The van der Waals surface area contributed by atoms with E-state index >= 15 is 0 Å². The molecule has 24 atom stereocenters. The molecule has 1 amide bonds. The number of aliphatic carboxylic acids is 1. The largest absolute Gasteiger partial charge is 0.481 e. The molecule has 94 heavy (non-hydrogen) atoms. The molecule has 3 aliphatic carbocycles. The molecule has 0 aromatic heterocycles. The monoisotopic (exact) mass is 1330 g/mol. The van der Waals surface area contributed by atoms with Gasteiger partial charge in [-0.3, -0.25) is 38.4 Å². The Balaban J connectivity index is 0.700. The summed E-state index contributed by atoms with van der Waals surface area (Å²) >= 11 is 0. The van der Waals surface area contributed by atoms with Crippen molar-refractivity contribution in [2.24, 2.45) is 70.5 Å². The summed E-state index contributed by atoms with van der Waals surface area (Å²) in [6.45, 7) is 17.0. The van der Waals surface area contributed by atoms with Crippen LogP contribution < -0.4 is 5.32 Å². The Hall–Kier alpha value is -4.72. The summed E-state index contributed by atoms with van der Waals surface area (Å²) in [6, 6.07) is 0. The zero-order valence-electron chi connectivity index (χ0n) is 55.6. The van der Waals surface area contributed by atoms with Gasteiger partial charge in [0, 0.05) is 60.7 Å². The van der Waals surface area contributed by atoms with Crippen LogP contribution >= 0.6 is 0 Å². The highest BCUT2D eigenvalue weighted by atomic mass is 17.3. The summed E-state index contributed by atoms with van der Waals surface area (Å²) in [5.41, 5.74) is -5.58. The molecule has 28 heteroatoms. The van der Waals surface area contributed by atoms with Crippen molar-refractivity contribution in [2.45, 2.75) is 275 Å². The Labute approximate surface area is 546 Å². The third-order valence-corrected chi connectivity index (χ3v) is 23.9. The number of ether oxygens (including phenoxy) is 12. The number of esters is 6. The molecule has 3 spiro atoms. The first kappa shape index (κ1) is 69.2. The van der Waals surface area contributed by atoms with Crippen molar-refractivity contribution in [3.8, 4) is 0 Å². The van der Waals surface area contributed by atoms with Gasteiger partial charge in [0.2, 0.25) is 42.1 Å². The Morgan fingerprint density at radius 3 is 1.28 bits per heavy atom. The fraction of sp³-hybridized carbons (Fsp3) is 0.879. The Bertz CT molecular complexity index is 2800. The van der Waals surface area contributed by atoms with Gasteiger partial charge in [0.1, 0.15) is 25.4 Å². The average molecular weight is 1330 g/mol. The third-order valence-electron chi connectivity index (χ3n) is 23.9. The lowest BCUT2D eigenvalue weighted by atomic mass is 9.50. The van der Waals surface area contributed by atoms with Crippen LogP contribution in [0.25, 0.3) is 0 Å². The van der Waals surface area contributed by atoms with E-state index in [4.69, 9.17) is 86.2 Å². The Morgan fingerprint density at radius 1 is 0.426 bits per heavy atom. The summed E-state index contributed by atoms with van der Waals surface area (Å²) in [5, 5.41) is 12.1. The SMILES string of the molecule is C[C@H]1[C@H](OC(=O)CCC(=O)OCC(COC(=O)CCC(=O)O[C@@H]2O[C@@H]3O[C@]4(C)CC[C@H]5[C@H](C)CC[C@@H]([C@H]2C)[C@@]35OO4)(COC(=O)CCC(=O)O[C@@H]2O[C@@H]3O[C@]4(C)CC[C@H]5[C@H](C)CC[C@@](C)([C@H]2C)[C@@]35OO4)NC(=O)CCC(=O)O)O[C@@H]2O[C@]3(C)CC[C@H]4[C@H](C)CC[C@@H]1[C@@]24OO3. The van der Waals surface area contributed by atoms with Gasteiger partial charge in [0.15, 0.2) is 35.7 Å². The van der Waals surface area contributed by atoms with Crippen molar-refractivity contribution < 1.29 is 130 Å². The number of carbonyl (C=O) groups is 8. The topological polar surface area (TPSA) is 335 Å². The molecule has 15 rings (SSSR count). The highest BCUT2D eigenvalue weighted by Gasteiger charge is 2.76. The van der Waals surface area contributed by atoms with Crippen molar-refractivity contribution >= 4 is 47.7 Å². The number of nitrogens with one attached hydrogen (secondary N) is 1. The maximum absolute atomic E-state index is 13.8. The van der Waals surface area contributed by atoms with Crippen molar-refractivity contribution in [1.82, 2.24) is 5.32 Å². The summed E-state index contributed by atoms with van der Waals surface area (Å²) < 4.78 is 73.3. The van der Waals surface area contributed by atoms with Crippen LogP contribution in [0.3, 0.4) is 0 Å². The molecule has 6 bridgehead atoms. The Morgan fingerprint density at radius 2 is 0.819 bits per heavy atom. The molecule has 12 aliphatic heterocycles. The molecule has 15 fully saturated rings. The fourth-order valence-electron chi connectivity index (χ4n) is 18.2. The normalized spacial score (nSPS) is 45.0. The number of hydrogen-bond acceptors (Lipinski definition) is 26. The second-order valence-electron chi connectivity index (χ2n) is 30.1. The maximum atomic E-state index is 13.8. The van der Waals surface area contributed by atoms with Crippen molar-refractivity contribution in [3.63, 3.8) is 0 Å². The number of carbonyl (C=O) groups excluding carboxylic acids is 7. The van der Waals surface area contributed by atoms with Crippen LogP contribution in [0.4, 0.5) is 0 Å². The van der Waals surface area contributed by atoms with Crippen LogP contribution in [0.1, 0.15) is 198 Å². The predicted molar refractivity (Wildman–Crippen MR) is 312 cm³/mol. The number of carboxylic acids is 1. The van der Waals surface area contributed by atoms with E-state index in [9.17, 15) is 43.5 Å².